The van der Waals surface area contributed by atoms with Crippen molar-refractivity contribution < 1.29 is 4.74 Å². The van der Waals surface area contributed by atoms with Crippen molar-refractivity contribution >= 4 is 17.1 Å². The summed E-state index contributed by atoms with van der Waals surface area (Å²) in [6.07, 6.45) is 9.35. The van der Waals surface area contributed by atoms with Crippen molar-refractivity contribution in [3.05, 3.63) is 138 Å². The molecule has 2 nitrogen and oxygen atoms in total. The third kappa shape index (κ3) is 4.39. The van der Waals surface area contributed by atoms with Crippen LogP contribution in [0.5, 0.6) is 11.5 Å². The van der Waals surface area contributed by atoms with Gasteiger partial charge in [-0.2, -0.15) is 0 Å². The Morgan fingerprint density at radius 1 is 0.520 bits per heavy atom. The van der Waals surface area contributed by atoms with Gasteiger partial charge in [-0.25, -0.2) is 0 Å². The maximum absolute atomic E-state index is 6.91. The molecule has 2 heteroatoms. The molecule has 5 aliphatic carbocycles. The van der Waals surface area contributed by atoms with Crippen molar-refractivity contribution in [2.75, 3.05) is 4.90 Å². The predicted molar refractivity (Wildman–Crippen MR) is 206 cm³/mol. The van der Waals surface area contributed by atoms with Crippen LogP contribution in [0.4, 0.5) is 17.1 Å². The molecule has 11 rings (SSSR count). The molecule has 0 radical (unpaired) electrons. The lowest BCUT2D eigenvalue weighted by Crippen LogP contribution is -2.56. The zero-order valence-electron chi connectivity index (χ0n) is 30.1. The van der Waals surface area contributed by atoms with E-state index < -0.39 is 0 Å². The maximum atomic E-state index is 6.91. The second-order valence-corrected chi connectivity index (χ2v) is 17.7. The minimum absolute atomic E-state index is 0.0620. The summed E-state index contributed by atoms with van der Waals surface area (Å²) in [5.74, 6) is 5.34. The average Bonchev–Trinajstić information content (AvgIpc) is 3.12. The monoisotopic (exact) mass is 655 g/mol. The van der Waals surface area contributed by atoms with Crippen LogP contribution in [0.25, 0.3) is 11.1 Å². The smallest absolute Gasteiger partial charge is 0.133 e. The molecular weight excluding hydrogens is 607 g/mol. The molecule has 50 heavy (non-hydrogen) atoms. The van der Waals surface area contributed by atoms with Gasteiger partial charge in [-0.1, -0.05) is 100 Å². The number of hydrogen-bond donors (Lipinski definition) is 0. The first-order chi connectivity index (χ1) is 24.2. The predicted octanol–water partition coefficient (Wildman–Crippen LogP) is 13.0. The molecule has 4 bridgehead atoms. The van der Waals surface area contributed by atoms with E-state index >= 15 is 0 Å². The molecule has 4 saturated carbocycles. The van der Waals surface area contributed by atoms with Crippen molar-refractivity contribution in [1.82, 2.24) is 0 Å². The molecule has 0 unspecified atom stereocenters. The van der Waals surface area contributed by atoms with E-state index in [0.717, 1.165) is 40.4 Å². The third-order valence-electron chi connectivity index (χ3n) is 13.9. The van der Waals surface area contributed by atoms with E-state index in [4.69, 9.17) is 4.74 Å². The summed E-state index contributed by atoms with van der Waals surface area (Å²) in [6.45, 7) is 9.69. The van der Waals surface area contributed by atoms with E-state index in [0.29, 0.717) is 11.8 Å². The fraction of sp³-hybridized carbons (Fsp3) is 0.375. The SMILES string of the molecule is CC1(C)CCC(C)(C)c2c(-c3ccc(N(c4ccccc4)c4ccc5c(c4)Oc4ccccc4C54C5CC6CC(C5)CC4C6)cc3)cccc21. The van der Waals surface area contributed by atoms with Gasteiger partial charge in [0, 0.05) is 39.7 Å². The normalized spacial score (nSPS) is 27.6. The first-order valence-corrected chi connectivity index (χ1v) is 19.2. The van der Waals surface area contributed by atoms with E-state index in [1.165, 1.54) is 78.3 Å². The lowest BCUT2D eigenvalue weighted by atomic mass is 9.42. The van der Waals surface area contributed by atoms with Crippen molar-refractivity contribution in [1.29, 1.82) is 0 Å². The lowest BCUT2D eigenvalue weighted by molar-refractivity contribution is -0.0452. The van der Waals surface area contributed by atoms with Crippen LogP contribution in [0.1, 0.15) is 94.9 Å². The minimum atomic E-state index is 0.0620. The highest BCUT2D eigenvalue weighted by atomic mass is 16.5. The Bertz CT molecular complexity index is 2080. The zero-order valence-corrected chi connectivity index (χ0v) is 30.1. The number of ether oxygens (including phenoxy) is 1. The highest BCUT2D eigenvalue weighted by Crippen LogP contribution is 2.69. The molecule has 1 spiro atoms. The van der Waals surface area contributed by atoms with Crippen molar-refractivity contribution in [3.8, 4) is 22.6 Å². The van der Waals surface area contributed by atoms with Gasteiger partial charge >= 0.3 is 0 Å². The summed E-state index contributed by atoms with van der Waals surface area (Å²) in [7, 11) is 0. The van der Waals surface area contributed by atoms with E-state index in [9.17, 15) is 0 Å². The maximum Gasteiger partial charge on any atom is 0.133 e. The zero-order chi connectivity index (χ0) is 33.8. The molecule has 4 fully saturated rings. The number of benzene rings is 5. The molecule has 1 aliphatic heterocycles. The van der Waals surface area contributed by atoms with Crippen LogP contribution >= 0.6 is 0 Å². The van der Waals surface area contributed by atoms with Crippen LogP contribution in [0.2, 0.25) is 0 Å². The lowest BCUT2D eigenvalue weighted by Gasteiger charge is -2.63. The van der Waals surface area contributed by atoms with Gasteiger partial charge in [0.2, 0.25) is 0 Å². The molecule has 0 saturated heterocycles. The second kappa shape index (κ2) is 10.8. The fourth-order valence-corrected chi connectivity index (χ4v) is 11.8. The Hall–Kier alpha value is -4.30. The number of hydrogen-bond acceptors (Lipinski definition) is 2. The Morgan fingerprint density at radius 3 is 1.86 bits per heavy atom. The third-order valence-corrected chi connectivity index (χ3v) is 13.9. The molecule has 0 N–H and O–H groups in total. The van der Waals surface area contributed by atoms with Gasteiger partial charge < -0.3 is 9.64 Å². The van der Waals surface area contributed by atoms with E-state index in [1.807, 2.05) is 0 Å². The number of rotatable bonds is 4. The van der Waals surface area contributed by atoms with Crippen molar-refractivity contribution in [3.63, 3.8) is 0 Å². The van der Waals surface area contributed by atoms with Gasteiger partial charge in [0.05, 0.1) is 0 Å². The summed E-state index contributed by atoms with van der Waals surface area (Å²) in [5, 5.41) is 0. The van der Waals surface area contributed by atoms with E-state index in [-0.39, 0.29) is 16.2 Å². The number of nitrogens with zero attached hydrogens (tertiary/aromatic N) is 1. The highest BCUT2D eigenvalue weighted by Gasteiger charge is 2.61. The first kappa shape index (κ1) is 30.5. The minimum Gasteiger partial charge on any atom is -0.457 e. The molecule has 0 amide bonds. The molecular formula is C48H49NO. The Morgan fingerprint density at radius 2 is 1.12 bits per heavy atom. The van der Waals surface area contributed by atoms with Gasteiger partial charge in [0.1, 0.15) is 11.5 Å². The summed E-state index contributed by atoms with van der Waals surface area (Å²) in [4.78, 5) is 2.41. The van der Waals surface area contributed by atoms with Crippen molar-refractivity contribution in [2.45, 2.75) is 88.9 Å². The Balaban J connectivity index is 1.08. The molecule has 5 aromatic carbocycles. The van der Waals surface area contributed by atoms with Gasteiger partial charge in [0.25, 0.3) is 0 Å². The number of fused-ring (bicyclic) bond motifs is 3. The van der Waals surface area contributed by atoms with Crippen LogP contribution in [0.3, 0.4) is 0 Å². The first-order valence-electron chi connectivity index (χ1n) is 19.2. The summed E-state index contributed by atoms with van der Waals surface area (Å²) in [5.41, 5.74) is 12.4. The molecule has 252 valence electrons. The molecule has 5 aromatic rings. The molecule has 0 atom stereocenters. The molecule has 0 aromatic heterocycles. The summed E-state index contributed by atoms with van der Waals surface area (Å²) >= 11 is 0. The van der Waals surface area contributed by atoms with Crippen LogP contribution in [0.15, 0.2) is 115 Å². The fourth-order valence-electron chi connectivity index (χ4n) is 11.8. The average molecular weight is 656 g/mol. The standard InChI is InChI=1S/C48H49NO/c1-46(2)23-24-47(3,4)45-39(13-10-15-42(45)46)33-17-19-37(20-18-33)49(36-11-6-5-7-12-36)38-21-22-41-44(30-38)50-43-16-9-8-14-40(43)48(41)34-26-31-25-32(28-34)29-35(48)27-31/h5-22,30-32,34-35H,23-29H2,1-4H3. The Labute approximate surface area is 298 Å². The van der Waals surface area contributed by atoms with Gasteiger partial charge in [-0.15, -0.1) is 0 Å². The summed E-state index contributed by atoms with van der Waals surface area (Å²) < 4.78 is 6.91. The van der Waals surface area contributed by atoms with E-state index in [1.54, 1.807) is 0 Å². The highest BCUT2D eigenvalue weighted by molar-refractivity contribution is 5.81. The molecule has 1 heterocycles. The van der Waals surface area contributed by atoms with Crippen LogP contribution in [0, 0.1) is 23.7 Å². The van der Waals surface area contributed by atoms with Crippen LogP contribution in [-0.4, -0.2) is 0 Å². The van der Waals surface area contributed by atoms with Gasteiger partial charge in [-0.05, 0) is 138 Å². The van der Waals surface area contributed by atoms with Crippen molar-refractivity contribution in [2.24, 2.45) is 23.7 Å². The van der Waals surface area contributed by atoms with E-state index in [2.05, 4.69) is 148 Å². The van der Waals surface area contributed by atoms with Gasteiger partial charge in [-0.3, -0.25) is 0 Å². The largest absolute Gasteiger partial charge is 0.457 e. The topological polar surface area (TPSA) is 12.5 Å². The van der Waals surface area contributed by atoms with Crippen LogP contribution < -0.4 is 9.64 Å². The number of para-hydroxylation sites is 2. The Kier molecular flexibility index (Phi) is 6.62. The molecule has 6 aliphatic rings. The summed E-state index contributed by atoms with van der Waals surface area (Å²) in [6, 6.07) is 43.3. The van der Waals surface area contributed by atoms with Gasteiger partial charge in [0.15, 0.2) is 0 Å². The number of anilines is 3. The quantitative estimate of drug-likeness (QED) is 0.191. The second-order valence-electron chi connectivity index (χ2n) is 17.7. The van der Waals surface area contributed by atoms with Crippen LogP contribution in [-0.2, 0) is 16.2 Å².